The van der Waals surface area contributed by atoms with Gasteiger partial charge in [0, 0.05) is 25.5 Å². The Kier molecular flexibility index (Phi) is 10.2. The largest absolute Gasteiger partial charge is 0.472 e. The van der Waals surface area contributed by atoms with E-state index in [1.54, 1.807) is 0 Å². The van der Waals surface area contributed by atoms with E-state index in [-0.39, 0.29) is 29.3 Å². The predicted molar refractivity (Wildman–Crippen MR) is 146 cm³/mol. The summed E-state index contributed by atoms with van der Waals surface area (Å²) in [5, 5.41) is 0.0397. The summed E-state index contributed by atoms with van der Waals surface area (Å²) in [4.78, 5) is 11.8. The molecule has 1 saturated carbocycles. The number of ether oxygens (including phenoxy) is 5. The molecule has 0 N–H and O–H groups in total. The van der Waals surface area contributed by atoms with Crippen LogP contribution < -0.4 is 0 Å². The fourth-order valence-electron chi connectivity index (χ4n) is 4.99. The topological polar surface area (TPSA) is 72.5 Å². The second-order valence-electron chi connectivity index (χ2n) is 12.0. The van der Waals surface area contributed by atoms with Crippen molar-refractivity contribution in [1.82, 2.24) is 0 Å². The lowest BCUT2D eigenvalue weighted by Crippen LogP contribution is -2.48. The molecule has 1 aliphatic carbocycles. The molecule has 0 radical (unpaired) electrons. The molecule has 3 rings (SSSR count). The second kappa shape index (κ2) is 12.6. The third kappa shape index (κ3) is 7.79. The standard InChI is InChI=1S/C29H48O7Si/c1-9-32-27-17-22-11-10-12-23(24(22)20-33-27)18-29(34-15-16-35-29)19-25(21(2)13-14-26(30)31-6)36-37(7,8)28(3,4)5/h13-14,18,20-22,25,27H,9-12,15-17,19H2,1-8H3/b14-13-,23-18+/t21-,22+,25-,27+/m0/s1. The maximum absolute atomic E-state index is 11.8. The zero-order valence-corrected chi connectivity index (χ0v) is 25.1. The summed E-state index contributed by atoms with van der Waals surface area (Å²) in [5.74, 6) is -0.870. The quantitative estimate of drug-likeness (QED) is 0.185. The first kappa shape index (κ1) is 30.1. The van der Waals surface area contributed by atoms with Crippen LogP contribution in [0.1, 0.15) is 66.7 Å². The molecule has 37 heavy (non-hydrogen) atoms. The molecule has 3 aliphatic rings. The van der Waals surface area contributed by atoms with Gasteiger partial charge in [0.1, 0.15) is 0 Å². The average Bonchev–Trinajstić information content (AvgIpc) is 3.29. The lowest BCUT2D eigenvalue weighted by molar-refractivity contribution is -0.141. The van der Waals surface area contributed by atoms with Crippen molar-refractivity contribution < 1.29 is 32.9 Å². The summed E-state index contributed by atoms with van der Waals surface area (Å²) in [6.45, 7) is 17.0. The molecule has 0 aromatic rings. The van der Waals surface area contributed by atoms with Gasteiger partial charge in [-0.2, -0.15) is 0 Å². The van der Waals surface area contributed by atoms with Gasteiger partial charge in [-0.25, -0.2) is 4.79 Å². The minimum atomic E-state index is -2.12. The Morgan fingerprint density at radius 3 is 2.59 bits per heavy atom. The molecule has 2 heterocycles. The van der Waals surface area contributed by atoms with Gasteiger partial charge >= 0.3 is 5.97 Å². The molecule has 2 aliphatic heterocycles. The Morgan fingerprint density at radius 1 is 1.27 bits per heavy atom. The zero-order valence-electron chi connectivity index (χ0n) is 24.1. The number of esters is 1. The maximum atomic E-state index is 11.8. The van der Waals surface area contributed by atoms with Crippen LogP contribution in [0.3, 0.4) is 0 Å². The summed E-state index contributed by atoms with van der Waals surface area (Å²) in [5.41, 5.74) is 2.47. The van der Waals surface area contributed by atoms with E-state index < -0.39 is 14.1 Å². The Bertz CT molecular complexity index is 864. The summed E-state index contributed by atoms with van der Waals surface area (Å²) in [7, 11) is -0.734. The first-order valence-electron chi connectivity index (χ1n) is 13.8. The number of methoxy groups -OCH3 is 1. The molecule has 4 atom stereocenters. The summed E-state index contributed by atoms with van der Waals surface area (Å²) in [6.07, 6.45) is 11.7. The van der Waals surface area contributed by atoms with Gasteiger partial charge in [0.2, 0.25) is 0 Å². The second-order valence-corrected chi connectivity index (χ2v) is 16.7. The minimum absolute atomic E-state index is 0.0397. The molecule has 2 fully saturated rings. The van der Waals surface area contributed by atoms with Gasteiger partial charge in [-0.3, -0.25) is 0 Å². The summed E-state index contributed by atoms with van der Waals surface area (Å²) < 4.78 is 36.1. The Morgan fingerprint density at radius 2 is 1.97 bits per heavy atom. The molecule has 0 unspecified atom stereocenters. The van der Waals surface area contributed by atoms with E-state index in [1.807, 2.05) is 19.3 Å². The van der Waals surface area contributed by atoms with Crippen LogP contribution in [0.5, 0.6) is 0 Å². The van der Waals surface area contributed by atoms with Gasteiger partial charge < -0.3 is 28.1 Å². The van der Waals surface area contributed by atoms with Gasteiger partial charge in [0.15, 0.2) is 20.4 Å². The van der Waals surface area contributed by atoms with Crippen molar-refractivity contribution in [3.05, 3.63) is 35.6 Å². The number of rotatable bonds is 10. The zero-order chi connectivity index (χ0) is 27.3. The van der Waals surface area contributed by atoms with E-state index in [0.29, 0.717) is 32.2 Å². The van der Waals surface area contributed by atoms with Gasteiger partial charge in [-0.05, 0) is 73.4 Å². The molecule has 0 spiro atoms. The number of hydrogen-bond donors (Lipinski definition) is 0. The maximum Gasteiger partial charge on any atom is 0.330 e. The van der Waals surface area contributed by atoms with Crippen molar-refractivity contribution in [2.45, 2.75) is 103 Å². The molecule has 0 bridgehead atoms. The van der Waals surface area contributed by atoms with E-state index in [2.05, 4.69) is 46.9 Å². The SMILES string of the molecule is CCO[C@H]1C[C@H]2CCC/C(=C\C3(C[C@H](O[Si](C)(C)C(C)(C)C)[C@@H](C)/C=C\C(=O)OC)OCCO3)C2=CO1. The number of allylic oxidation sites excluding steroid dienone is 2. The third-order valence-electron chi connectivity index (χ3n) is 8.22. The van der Waals surface area contributed by atoms with Gasteiger partial charge in [0.25, 0.3) is 0 Å². The van der Waals surface area contributed by atoms with E-state index in [0.717, 1.165) is 25.7 Å². The van der Waals surface area contributed by atoms with E-state index >= 15 is 0 Å². The highest BCUT2D eigenvalue weighted by atomic mass is 28.4. The lowest BCUT2D eigenvalue weighted by atomic mass is 9.77. The van der Waals surface area contributed by atoms with Crippen molar-refractivity contribution in [2.75, 3.05) is 26.9 Å². The molecular weight excluding hydrogens is 488 g/mol. The van der Waals surface area contributed by atoms with Crippen LogP contribution in [0.2, 0.25) is 18.1 Å². The third-order valence-corrected chi connectivity index (χ3v) is 12.7. The molecule has 1 saturated heterocycles. The Hall–Kier alpha value is -1.45. The summed E-state index contributed by atoms with van der Waals surface area (Å²) >= 11 is 0. The summed E-state index contributed by atoms with van der Waals surface area (Å²) in [6, 6.07) is 0. The van der Waals surface area contributed by atoms with Crippen molar-refractivity contribution in [1.29, 1.82) is 0 Å². The van der Waals surface area contributed by atoms with E-state index in [4.69, 9.17) is 28.1 Å². The highest BCUT2D eigenvalue weighted by Crippen LogP contribution is 2.44. The van der Waals surface area contributed by atoms with E-state index in [9.17, 15) is 4.79 Å². The van der Waals surface area contributed by atoms with Crippen LogP contribution >= 0.6 is 0 Å². The molecule has 7 nitrogen and oxygen atoms in total. The first-order valence-corrected chi connectivity index (χ1v) is 16.7. The minimum Gasteiger partial charge on any atom is -0.472 e. The lowest BCUT2D eigenvalue weighted by Gasteiger charge is -2.42. The van der Waals surface area contributed by atoms with Crippen molar-refractivity contribution >= 4 is 14.3 Å². The first-order chi connectivity index (χ1) is 17.4. The van der Waals surface area contributed by atoms with Crippen LogP contribution in [0.15, 0.2) is 35.6 Å². The molecule has 0 aromatic carbocycles. The van der Waals surface area contributed by atoms with Crippen LogP contribution in [-0.2, 0) is 32.9 Å². The van der Waals surface area contributed by atoms with Crippen LogP contribution in [0.25, 0.3) is 0 Å². The van der Waals surface area contributed by atoms with Crippen molar-refractivity contribution in [3.63, 3.8) is 0 Å². The smallest absolute Gasteiger partial charge is 0.330 e. The van der Waals surface area contributed by atoms with Gasteiger partial charge in [-0.1, -0.05) is 33.8 Å². The molecular formula is C29H48O7Si. The number of carbonyl (C=O) groups excluding carboxylic acids is 1. The van der Waals surface area contributed by atoms with Crippen LogP contribution in [-0.4, -0.2) is 59.4 Å². The van der Waals surface area contributed by atoms with Crippen LogP contribution in [0.4, 0.5) is 0 Å². The fraction of sp³-hybridized carbons (Fsp3) is 0.759. The predicted octanol–water partition coefficient (Wildman–Crippen LogP) is 6.27. The number of fused-ring (bicyclic) bond motifs is 1. The monoisotopic (exact) mass is 536 g/mol. The van der Waals surface area contributed by atoms with Gasteiger partial charge in [-0.15, -0.1) is 0 Å². The van der Waals surface area contributed by atoms with Crippen molar-refractivity contribution in [2.24, 2.45) is 11.8 Å². The van der Waals surface area contributed by atoms with Crippen LogP contribution in [0, 0.1) is 11.8 Å². The molecule has 0 aromatic heterocycles. The van der Waals surface area contributed by atoms with Gasteiger partial charge in [0.05, 0.1) is 32.7 Å². The Labute approximate surface area is 224 Å². The van der Waals surface area contributed by atoms with E-state index in [1.165, 1.54) is 24.3 Å². The Balaban J connectivity index is 1.90. The molecule has 8 heteroatoms. The highest BCUT2D eigenvalue weighted by Gasteiger charge is 2.45. The average molecular weight is 537 g/mol. The molecule has 0 amide bonds. The van der Waals surface area contributed by atoms with Crippen molar-refractivity contribution in [3.8, 4) is 0 Å². The number of hydrogen-bond acceptors (Lipinski definition) is 7. The molecule has 210 valence electrons. The number of carbonyl (C=O) groups is 1. The fourth-order valence-corrected chi connectivity index (χ4v) is 6.40. The normalized spacial score (nSPS) is 26.9. The highest BCUT2D eigenvalue weighted by molar-refractivity contribution is 6.74.